The fourth-order valence-corrected chi connectivity index (χ4v) is 1.56. The third-order valence-corrected chi connectivity index (χ3v) is 2.04. The fraction of sp³-hybridized carbons (Fsp3) is 0.714. The van der Waals surface area contributed by atoms with Gasteiger partial charge in [-0.15, -0.1) is 0 Å². The predicted octanol–water partition coefficient (Wildman–Crippen LogP) is 1.08. The molecule has 2 saturated heterocycles. The zero-order valence-corrected chi connectivity index (χ0v) is 5.01. The third kappa shape index (κ3) is 0.655. The van der Waals surface area contributed by atoms with Crippen molar-refractivity contribution >= 4 is 0 Å². The summed E-state index contributed by atoms with van der Waals surface area (Å²) in [5, 5.41) is 0. The Morgan fingerprint density at radius 2 is 2.50 bits per heavy atom. The normalized spacial score (nSPS) is 45.0. The molecule has 2 heterocycles. The first-order valence-electron chi connectivity index (χ1n) is 3.36. The van der Waals surface area contributed by atoms with Crippen LogP contribution >= 0.6 is 0 Å². The topological polar surface area (TPSA) is 3.24 Å². The molecule has 0 saturated carbocycles. The van der Waals surface area contributed by atoms with Gasteiger partial charge in [0, 0.05) is 13.1 Å². The minimum absolute atomic E-state index is 0.906. The van der Waals surface area contributed by atoms with E-state index in [4.69, 9.17) is 0 Å². The van der Waals surface area contributed by atoms with E-state index in [1.165, 1.54) is 25.9 Å². The van der Waals surface area contributed by atoms with E-state index in [1.54, 1.807) is 0 Å². The molecule has 2 bridgehead atoms. The van der Waals surface area contributed by atoms with Crippen LogP contribution in [-0.4, -0.2) is 18.0 Å². The van der Waals surface area contributed by atoms with Gasteiger partial charge in [0.1, 0.15) is 0 Å². The summed E-state index contributed by atoms with van der Waals surface area (Å²) in [6.45, 7) is 4.90. The lowest BCUT2D eigenvalue weighted by molar-refractivity contribution is 0.379. The molecule has 0 aromatic carbocycles. The Hall–Kier alpha value is -0.0400. The van der Waals surface area contributed by atoms with Crippen molar-refractivity contribution in [3.8, 4) is 0 Å². The highest BCUT2D eigenvalue weighted by atomic mass is 15.1. The summed E-state index contributed by atoms with van der Waals surface area (Å²) < 4.78 is 0. The SMILES string of the molecule is [CH]1CC2[CH]N(C1)CC2. The van der Waals surface area contributed by atoms with Crippen molar-refractivity contribution in [3.63, 3.8) is 0 Å². The summed E-state index contributed by atoms with van der Waals surface area (Å²) in [7, 11) is 0. The largest absolute Gasteiger partial charge is 0.298 e. The highest BCUT2D eigenvalue weighted by molar-refractivity contribution is 4.96. The maximum absolute atomic E-state index is 2.41. The molecule has 0 N–H and O–H groups in total. The van der Waals surface area contributed by atoms with Gasteiger partial charge in [0.25, 0.3) is 0 Å². The number of hydrogen-bond acceptors (Lipinski definition) is 1. The fourth-order valence-electron chi connectivity index (χ4n) is 1.56. The van der Waals surface area contributed by atoms with Gasteiger partial charge in [0.2, 0.25) is 0 Å². The molecule has 0 aromatic rings. The highest BCUT2D eigenvalue weighted by Gasteiger charge is 2.26. The molecule has 2 atom stereocenters. The van der Waals surface area contributed by atoms with Gasteiger partial charge < -0.3 is 0 Å². The van der Waals surface area contributed by atoms with E-state index in [9.17, 15) is 0 Å². The third-order valence-electron chi connectivity index (χ3n) is 2.04. The zero-order valence-electron chi connectivity index (χ0n) is 5.01. The highest BCUT2D eigenvalue weighted by Crippen LogP contribution is 2.28. The molecular weight excluding hydrogens is 98.1 g/mol. The molecule has 2 fully saturated rings. The van der Waals surface area contributed by atoms with E-state index in [1.807, 2.05) is 0 Å². The second-order valence-electron chi connectivity index (χ2n) is 2.72. The van der Waals surface area contributed by atoms with E-state index < -0.39 is 0 Å². The molecule has 2 rings (SSSR count). The van der Waals surface area contributed by atoms with E-state index in [0.717, 1.165) is 5.92 Å². The first-order valence-corrected chi connectivity index (χ1v) is 3.36. The van der Waals surface area contributed by atoms with Gasteiger partial charge in [0.15, 0.2) is 0 Å². The maximum atomic E-state index is 2.41. The molecule has 0 amide bonds. The van der Waals surface area contributed by atoms with Crippen LogP contribution < -0.4 is 0 Å². The number of nitrogens with zero attached hydrogens (tertiary/aromatic N) is 1. The number of hydrogen-bond donors (Lipinski definition) is 0. The van der Waals surface area contributed by atoms with Crippen LogP contribution in [-0.2, 0) is 0 Å². The molecule has 0 aromatic heterocycles. The van der Waals surface area contributed by atoms with Crippen molar-refractivity contribution in [2.45, 2.75) is 12.8 Å². The van der Waals surface area contributed by atoms with Crippen LogP contribution in [0.5, 0.6) is 0 Å². The maximum Gasteiger partial charge on any atom is 0.0283 e. The zero-order chi connectivity index (χ0) is 5.40. The molecular formula is C7H11N. The summed E-state index contributed by atoms with van der Waals surface area (Å²) >= 11 is 0. The molecule has 2 aliphatic rings. The lowest BCUT2D eigenvalue weighted by atomic mass is 10.0. The molecule has 8 heavy (non-hydrogen) atoms. The molecule has 44 valence electrons. The smallest absolute Gasteiger partial charge is 0.0283 e. The summed E-state index contributed by atoms with van der Waals surface area (Å²) in [5.41, 5.74) is 0. The first-order chi connectivity index (χ1) is 3.95. The van der Waals surface area contributed by atoms with E-state index in [0.29, 0.717) is 0 Å². The predicted molar refractivity (Wildman–Crippen MR) is 32.9 cm³/mol. The summed E-state index contributed by atoms with van der Waals surface area (Å²) in [5.74, 6) is 0.906. The lowest BCUT2D eigenvalue weighted by Crippen LogP contribution is -2.21. The molecule has 0 spiro atoms. The van der Waals surface area contributed by atoms with Crippen LogP contribution in [0.2, 0.25) is 0 Å². The Morgan fingerprint density at radius 1 is 1.50 bits per heavy atom. The van der Waals surface area contributed by atoms with Crippen molar-refractivity contribution < 1.29 is 0 Å². The van der Waals surface area contributed by atoms with Gasteiger partial charge in [-0.1, -0.05) is 0 Å². The summed E-state index contributed by atoms with van der Waals surface area (Å²) in [4.78, 5) is 2.41. The number of fused-ring (bicyclic) bond motifs is 2. The van der Waals surface area contributed by atoms with E-state index in [-0.39, 0.29) is 0 Å². The van der Waals surface area contributed by atoms with Crippen molar-refractivity contribution in [3.05, 3.63) is 13.0 Å². The number of piperidine rings is 1. The van der Waals surface area contributed by atoms with Crippen LogP contribution in [0.4, 0.5) is 0 Å². The minimum Gasteiger partial charge on any atom is -0.298 e. The minimum atomic E-state index is 0.906. The van der Waals surface area contributed by atoms with E-state index in [2.05, 4.69) is 17.9 Å². The quantitative estimate of drug-likeness (QED) is 0.450. The molecule has 2 unspecified atom stereocenters. The van der Waals surface area contributed by atoms with E-state index >= 15 is 0 Å². The standard InChI is InChI=1S/C7H11N/c1-2-7-3-5-8(4-1)6-7/h1,6-7H,2-5H2. The Balaban J connectivity index is 2.03. The van der Waals surface area contributed by atoms with Gasteiger partial charge >= 0.3 is 0 Å². The van der Waals surface area contributed by atoms with Gasteiger partial charge in [-0.2, -0.15) is 0 Å². The second-order valence-corrected chi connectivity index (χ2v) is 2.72. The van der Waals surface area contributed by atoms with Crippen LogP contribution in [0.15, 0.2) is 0 Å². The van der Waals surface area contributed by atoms with Gasteiger partial charge in [-0.05, 0) is 31.7 Å². The molecule has 2 aliphatic heterocycles. The first kappa shape index (κ1) is 4.80. The Morgan fingerprint density at radius 3 is 3.25 bits per heavy atom. The van der Waals surface area contributed by atoms with Crippen molar-refractivity contribution in [1.29, 1.82) is 0 Å². The monoisotopic (exact) mass is 109 g/mol. The molecule has 0 aliphatic carbocycles. The Labute approximate surface area is 50.7 Å². The van der Waals surface area contributed by atoms with Gasteiger partial charge in [-0.25, -0.2) is 0 Å². The summed E-state index contributed by atoms with van der Waals surface area (Å²) in [6, 6.07) is 0. The molecule has 1 nitrogen and oxygen atoms in total. The van der Waals surface area contributed by atoms with Gasteiger partial charge in [0.05, 0.1) is 0 Å². The average Bonchev–Trinajstić information content (AvgIpc) is 2.12. The van der Waals surface area contributed by atoms with Crippen LogP contribution in [0, 0.1) is 18.9 Å². The second kappa shape index (κ2) is 1.73. The molecule has 1 heteroatoms. The number of rotatable bonds is 0. The van der Waals surface area contributed by atoms with Crippen molar-refractivity contribution in [2.24, 2.45) is 5.92 Å². The van der Waals surface area contributed by atoms with Crippen molar-refractivity contribution in [1.82, 2.24) is 4.90 Å². The van der Waals surface area contributed by atoms with Crippen LogP contribution in [0.1, 0.15) is 12.8 Å². The van der Waals surface area contributed by atoms with Crippen molar-refractivity contribution in [2.75, 3.05) is 13.1 Å². The average molecular weight is 109 g/mol. The van der Waals surface area contributed by atoms with Crippen LogP contribution in [0.25, 0.3) is 0 Å². The van der Waals surface area contributed by atoms with Gasteiger partial charge in [-0.3, -0.25) is 4.90 Å². The molecule has 2 radical (unpaired) electrons. The lowest BCUT2D eigenvalue weighted by Gasteiger charge is -2.19. The summed E-state index contributed by atoms with van der Waals surface area (Å²) in [6.07, 6.45) is 5.12. The Bertz CT molecular complexity index is 76.4. The van der Waals surface area contributed by atoms with Crippen LogP contribution in [0.3, 0.4) is 0 Å². The Kier molecular flexibility index (Phi) is 1.04.